The quantitative estimate of drug-likeness (QED) is 0.605. The highest BCUT2D eigenvalue weighted by atomic mass is 16.6. The van der Waals surface area contributed by atoms with E-state index in [1.54, 1.807) is 0 Å². The molecule has 92 valence electrons. The topological polar surface area (TPSA) is 93.1 Å². The second kappa shape index (κ2) is 5.93. The fourth-order valence-corrected chi connectivity index (χ4v) is 1.36. The van der Waals surface area contributed by atoms with Crippen LogP contribution in [0.25, 0.3) is 0 Å². The second-order valence-electron chi connectivity index (χ2n) is 3.68. The van der Waals surface area contributed by atoms with Crippen molar-refractivity contribution in [2.24, 2.45) is 0 Å². The molecule has 6 heteroatoms. The fourth-order valence-electron chi connectivity index (χ4n) is 1.36. The Bertz CT molecular complexity index is 264. The second-order valence-corrected chi connectivity index (χ2v) is 3.68. The molecule has 0 bridgehead atoms. The van der Waals surface area contributed by atoms with Crippen LogP contribution in [0.1, 0.15) is 19.8 Å². The van der Waals surface area contributed by atoms with Crippen molar-refractivity contribution in [3.8, 4) is 0 Å². The molecule has 0 spiro atoms. The number of carbonyl (C=O) groups is 2. The number of esters is 1. The summed E-state index contributed by atoms with van der Waals surface area (Å²) in [5, 5.41) is 18.7. The summed E-state index contributed by atoms with van der Waals surface area (Å²) in [4.78, 5) is 22.0. The first-order valence-electron chi connectivity index (χ1n) is 5.22. The normalized spacial score (nSPS) is 30.2. The van der Waals surface area contributed by atoms with E-state index >= 15 is 0 Å². The van der Waals surface area contributed by atoms with Gasteiger partial charge in [-0.15, -0.1) is 0 Å². The van der Waals surface area contributed by atoms with Crippen LogP contribution in [-0.4, -0.2) is 53.5 Å². The Balaban J connectivity index is 2.37. The number of ketones is 1. The molecule has 2 N–H and O–H groups in total. The van der Waals surface area contributed by atoms with Gasteiger partial charge in [0.05, 0.1) is 0 Å². The van der Waals surface area contributed by atoms with Gasteiger partial charge in [-0.05, 0) is 6.42 Å². The molecule has 1 heterocycles. The molecule has 1 rings (SSSR count). The smallest absolute Gasteiger partial charge is 0.305 e. The molecule has 0 aromatic heterocycles. The summed E-state index contributed by atoms with van der Waals surface area (Å²) in [5.74, 6) is -0.951. The lowest BCUT2D eigenvalue weighted by molar-refractivity contribution is -0.177. The fraction of sp³-hybridized carbons (Fsp3) is 0.800. The Hall–Kier alpha value is -0.980. The van der Waals surface area contributed by atoms with Gasteiger partial charge in [0.1, 0.15) is 31.5 Å². The number of Topliss-reactive ketones (excluding diaryl/α,β-unsaturated/α-hetero) is 1. The molecule has 16 heavy (non-hydrogen) atoms. The van der Waals surface area contributed by atoms with E-state index in [9.17, 15) is 19.8 Å². The number of hydrogen-bond acceptors (Lipinski definition) is 6. The summed E-state index contributed by atoms with van der Waals surface area (Å²) < 4.78 is 9.79. The van der Waals surface area contributed by atoms with Crippen molar-refractivity contribution in [2.45, 2.75) is 38.1 Å². The molecule has 0 unspecified atom stereocenters. The zero-order valence-corrected chi connectivity index (χ0v) is 9.09. The van der Waals surface area contributed by atoms with Crippen LogP contribution >= 0.6 is 0 Å². The molecule has 0 amide bonds. The molecule has 1 aliphatic rings. The Morgan fingerprint density at radius 1 is 1.56 bits per heavy atom. The van der Waals surface area contributed by atoms with E-state index < -0.39 is 24.1 Å². The molecule has 0 aromatic rings. The minimum atomic E-state index is -1.45. The highest BCUT2D eigenvalue weighted by Crippen LogP contribution is 2.13. The van der Waals surface area contributed by atoms with Crippen LogP contribution < -0.4 is 0 Å². The van der Waals surface area contributed by atoms with E-state index in [0.29, 0.717) is 12.8 Å². The van der Waals surface area contributed by atoms with E-state index in [-0.39, 0.29) is 19.2 Å². The van der Waals surface area contributed by atoms with Gasteiger partial charge in [-0.25, -0.2) is 0 Å². The van der Waals surface area contributed by atoms with E-state index in [2.05, 4.69) is 0 Å². The average Bonchev–Trinajstić information content (AvgIpc) is 2.25. The number of carbonyl (C=O) groups excluding carboxylic acids is 2. The number of ether oxygens (including phenoxy) is 2. The first-order chi connectivity index (χ1) is 7.56. The molecule has 6 nitrogen and oxygen atoms in total. The zero-order valence-electron chi connectivity index (χ0n) is 9.09. The highest BCUT2D eigenvalue weighted by molar-refractivity contribution is 5.85. The molecule has 0 aliphatic carbocycles. The van der Waals surface area contributed by atoms with Crippen molar-refractivity contribution in [2.75, 3.05) is 13.2 Å². The molecule has 1 fully saturated rings. The SMILES string of the molecule is CCCC(=O)OC[C@H]1OCC(=O)[C@@H](O)[C@@H]1O. The van der Waals surface area contributed by atoms with Crippen molar-refractivity contribution in [1.29, 1.82) is 0 Å². The van der Waals surface area contributed by atoms with Crippen LogP contribution in [0, 0.1) is 0 Å². The van der Waals surface area contributed by atoms with Crippen molar-refractivity contribution >= 4 is 11.8 Å². The van der Waals surface area contributed by atoms with E-state index in [1.807, 2.05) is 6.92 Å². The molecular formula is C10H16O6. The van der Waals surface area contributed by atoms with Crippen molar-refractivity contribution in [1.82, 2.24) is 0 Å². The van der Waals surface area contributed by atoms with Crippen molar-refractivity contribution < 1.29 is 29.3 Å². The number of aliphatic hydroxyl groups excluding tert-OH is 2. The summed E-state index contributed by atoms with van der Waals surface area (Å²) >= 11 is 0. The predicted octanol–water partition coefficient (Wildman–Crippen LogP) is -0.981. The third-order valence-corrected chi connectivity index (χ3v) is 2.34. The largest absolute Gasteiger partial charge is 0.463 e. The van der Waals surface area contributed by atoms with Crippen molar-refractivity contribution in [3.63, 3.8) is 0 Å². The van der Waals surface area contributed by atoms with Gasteiger partial charge in [0.15, 0.2) is 5.78 Å². The third-order valence-electron chi connectivity index (χ3n) is 2.34. The van der Waals surface area contributed by atoms with Gasteiger partial charge in [0.25, 0.3) is 0 Å². The van der Waals surface area contributed by atoms with Crippen LogP contribution in [0.3, 0.4) is 0 Å². The van der Waals surface area contributed by atoms with Gasteiger partial charge in [-0.2, -0.15) is 0 Å². The van der Waals surface area contributed by atoms with Gasteiger partial charge in [0.2, 0.25) is 0 Å². The van der Waals surface area contributed by atoms with Gasteiger partial charge in [-0.1, -0.05) is 6.92 Å². The summed E-state index contributed by atoms with van der Waals surface area (Å²) in [6.45, 7) is 1.42. The molecule has 0 saturated carbocycles. The van der Waals surface area contributed by atoms with Gasteiger partial charge in [0, 0.05) is 6.42 Å². The van der Waals surface area contributed by atoms with Gasteiger partial charge in [-0.3, -0.25) is 9.59 Å². The lowest BCUT2D eigenvalue weighted by Gasteiger charge is -2.30. The third kappa shape index (κ3) is 3.26. The number of hydrogen-bond donors (Lipinski definition) is 2. The van der Waals surface area contributed by atoms with E-state index in [4.69, 9.17) is 9.47 Å². The summed E-state index contributed by atoms with van der Waals surface area (Å²) in [6.07, 6.45) is -2.66. The van der Waals surface area contributed by atoms with Gasteiger partial charge >= 0.3 is 5.97 Å². The lowest BCUT2D eigenvalue weighted by Crippen LogP contribution is -2.52. The monoisotopic (exact) mass is 232 g/mol. The van der Waals surface area contributed by atoms with Crippen LogP contribution in [-0.2, 0) is 19.1 Å². The summed E-state index contributed by atoms with van der Waals surface area (Å²) in [6, 6.07) is 0. The molecule has 0 aromatic carbocycles. The van der Waals surface area contributed by atoms with Gasteiger partial charge < -0.3 is 19.7 Å². The number of aliphatic hydroxyl groups is 2. The van der Waals surface area contributed by atoms with Crippen molar-refractivity contribution in [3.05, 3.63) is 0 Å². The number of rotatable bonds is 4. The maximum absolute atomic E-state index is 11.0. The molecule has 0 radical (unpaired) electrons. The predicted molar refractivity (Wildman–Crippen MR) is 52.6 cm³/mol. The van der Waals surface area contributed by atoms with E-state index in [1.165, 1.54) is 0 Å². The molecular weight excluding hydrogens is 216 g/mol. The molecule has 1 saturated heterocycles. The summed E-state index contributed by atoms with van der Waals surface area (Å²) in [7, 11) is 0. The van der Waals surface area contributed by atoms with E-state index in [0.717, 1.165) is 0 Å². The maximum Gasteiger partial charge on any atom is 0.305 e. The first kappa shape index (κ1) is 13.1. The Morgan fingerprint density at radius 3 is 2.88 bits per heavy atom. The summed E-state index contributed by atoms with van der Waals surface area (Å²) in [5.41, 5.74) is 0. The standard InChI is InChI=1S/C10H16O6/c1-2-3-8(12)16-5-7-10(14)9(13)6(11)4-15-7/h7,9-10,13-14H,2-5H2,1H3/t7-,9-,10-/m1/s1. The molecule has 3 atom stereocenters. The maximum atomic E-state index is 11.0. The molecule has 1 aliphatic heterocycles. The first-order valence-corrected chi connectivity index (χ1v) is 5.22. The minimum absolute atomic E-state index is 0.148. The Morgan fingerprint density at radius 2 is 2.25 bits per heavy atom. The minimum Gasteiger partial charge on any atom is -0.463 e. The zero-order chi connectivity index (χ0) is 12.1. The van der Waals surface area contributed by atoms with Crippen LogP contribution in [0.2, 0.25) is 0 Å². The average molecular weight is 232 g/mol. The van der Waals surface area contributed by atoms with Crippen LogP contribution in [0.5, 0.6) is 0 Å². The highest BCUT2D eigenvalue weighted by Gasteiger charge is 2.37. The lowest BCUT2D eigenvalue weighted by atomic mass is 10.0. The Labute approximate surface area is 93.2 Å². The van der Waals surface area contributed by atoms with Crippen LogP contribution in [0.15, 0.2) is 0 Å². The Kier molecular flexibility index (Phi) is 4.85. The van der Waals surface area contributed by atoms with Crippen LogP contribution in [0.4, 0.5) is 0 Å².